The number of amides is 1. The van der Waals surface area contributed by atoms with Crippen LogP contribution >= 0.6 is 0 Å². The molecule has 3 aromatic rings. The molecule has 1 N–H and O–H groups in total. The van der Waals surface area contributed by atoms with Crippen molar-refractivity contribution in [2.45, 2.75) is 27.7 Å². The molecule has 128 valence electrons. The first-order valence-corrected chi connectivity index (χ1v) is 8.22. The zero-order valence-corrected chi connectivity index (χ0v) is 15.2. The highest BCUT2D eigenvalue weighted by molar-refractivity contribution is 6.05. The second-order valence-electron chi connectivity index (χ2n) is 6.35. The van der Waals surface area contributed by atoms with Crippen LogP contribution in [0.5, 0.6) is 0 Å². The van der Waals surface area contributed by atoms with Crippen molar-refractivity contribution in [1.82, 2.24) is 14.8 Å². The molecule has 1 amide bonds. The molecule has 0 unspecified atom stereocenters. The predicted molar refractivity (Wildman–Crippen MR) is 99.8 cm³/mol. The number of nitrogens with one attached hydrogen (secondary N) is 1. The lowest BCUT2D eigenvalue weighted by atomic mass is 10.1. The largest absolute Gasteiger partial charge is 0.322 e. The van der Waals surface area contributed by atoms with Crippen molar-refractivity contribution < 1.29 is 4.79 Å². The number of benzene rings is 1. The van der Waals surface area contributed by atoms with E-state index in [0.717, 1.165) is 39.5 Å². The van der Waals surface area contributed by atoms with Crippen molar-refractivity contribution in [2.75, 3.05) is 5.32 Å². The normalized spacial score (nSPS) is 10.8. The average Bonchev–Trinajstić information content (AvgIpc) is 2.99. The Morgan fingerprint density at radius 3 is 2.44 bits per heavy atom. The third-order valence-corrected chi connectivity index (χ3v) is 4.50. The van der Waals surface area contributed by atoms with E-state index < -0.39 is 0 Å². The number of carbonyl (C=O) groups is 1. The Kier molecular flexibility index (Phi) is 4.40. The van der Waals surface area contributed by atoms with Crippen LogP contribution in [0, 0.1) is 27.7 Å². The Morgan fingerprint density at radius 2 is 1.76 bits per heavy atom. The van der Waals surface area contributed by atoms with Gasteiger partial charge in [-0.1, -0.05) is 12.1 Å². The topological polar surface area (TPSA) is 59.8 Å². The lowest BCUT2D eigenvalue weighted by Gasteiger charge is -2.13. The Labute approximate surface area is 147 Å². The Bertz CT molecular complexity index is 956. The fourth-order valence-corrected chi connectivity index (χ4v) is 2.82. The number of nitrogens with zero attached hydrogens (tertiary/aromatic N) is 3. The van der Waals surface area contributed by atoms with Crippen LogP contribution < -0.4 is 5.32 Å². The lowest BCUT2D eigenvalue weighted by molar-refractivity contribution is 0.102. The fraction of sp³-hybridized carbons (Fsp3) is 0.250. The van der Waals surface area contributed by atoms with E-state index >= 15 is 0 Å². The van der Waals surface area contributed by atoms with Crippen molar-refractivity contribution in [1.29, 1.82) is 0 Å². The molecular formula is C20H22N4O. The van der Waals surface area contributed by atoms with Crippen LogP contribution in [0.15, 0.2) is 36.5 Å². The third kappa shape index (κ3) is 3.31. The van der Waals surface area contributed by atoms with E-state index in [1.165, 1.54) is 0 Å². The lowest BCUT2D eigenvalue weighted by Crippen LogP contribution is -2.16. The molecule has 1 aromatic carbocycles. The summed E-state index contributed by atoms with van der Waals surface area (Å²) < 4.78 is 1.81. The molecule has 0 aliphatic carbocycles. The van der Waals surface area contributed by atoms with Crippen LogP contribution in [0.1, 0.15) is 32.9 Å². The average molecular weight is 334 g/mol. The van der Waals surface area contributed by atoms with E-state index in [4.69, 9.17) is 0 Å². The molecule has 0 saturated carbocycles. The third-order valence-electron chi connectivity index (χ3n) is 4.50. The van der Waals surface area contributed by atoms with Crippen molar-refractivity contribution in [3.05, 3.63) is 64.6 Å². The molecule has 0 saturated heterocycles. The van der Waals surface area contributed by atoms with Crippen molar-refractivity contribution in [3.8, 4) is 11.3 Å². The summed E-state index contributed by atoms with van der Waals surface area (Å²) in [5.74, 6) is -0.140. The summed E-state index contributed by atoms with van der Waals surface area (Å²) in [7, 11) is 1.90. The summed E-state index contributed by atoms with van der Waals surface area (Å²) >= 11 is 0. The van der Waals surface area contributed by atoms with Crippen LogP contribution in [0.3, 0.4) is 0 Å². The van der Waals surface area contributed by atoms with Gasteiger partial charge < -0.3 is 5.32 Å². The smallest absolute Gasteiger partial charge is 0.257 e. The molecular weight excluding hydrogens is 312 g/mol. The van der Waals surface area contributed by atoms with Crippen molar-refractivity contribution >= 4 is 11.6 Å². The number of aromatic nitrogens is 3. The van der Waals surface area contributed by atoms with Crippen LogP contribution in [0.25, 0.3) is 11.3 Å². The summed E-state index contributed by atoms with van der Waals surface area (Å²) in [5.41, 5.74) is 7.11. The molecule has 25 heavy (non-hydrogen) atoms. The van der Waals surface area contributed by atoms with E-state index in [1.54, 1.807) is 6.20 Å². The van der Waals surface area contributed by atoms with E-state index in [0.29, 0.717) is 5.56 Å². The summed E-state index contributed by atoms with van der Waals surface area (Å²) in [6.45, 7) is 7.76. The Morgan fingerprint density at radius 1 is 1.00 bits per heavy atom. The van der Waals surface area contributed by atoms with Crippen LogP contribution in [-0.4, -0.2) is 20.7 Å². The van der Waals surface area contributed by atoms with E-state index in [1.807, 2.05) is 69.8 Å². The molecule has 0 spiro atoms. The fourth-order valence-electron chi connectivity index (χ4n) is 2.82. The minimum atomic E-state index is -0.140. The maximum atomic E-state index is 12.7. The number of hydrogen-bond donors (Lipinski definition) is 1. The second-order valence-corrected chi connectivity index (χ2v) is 6.35. The zero-order valence-electron chi connectivity index (χ0n) is 15.2. The maximum absolute atomic E-state index is 12.7. The molecule has 2 heterocycles. The van der Waals surface area contributed by atoms with Gasteiger partial charge in [0, 0.05) is 30.2 Å². The van der Waals surface area contributed by atoms with Crippen molar-refractivity contribution in [3.63, 3.8) is 0 Å². The van der Waals surface area contributed by atoms with Gasteiger partial charge in [0.25, 0.3) is 5.91 Å². The van der Waals surface area contributed by atoms with Gasteiger partial charge in [-0.3, -0.25) is 14.5 Å². The molecule has 0 atom stereocenters. The highest BCUT2D eigenvalue weighted by Gasteiger charge is 2.14. The van der Waals surface area contributed by atoms with Crippen LogP contribution in [0.2, 0.25) is 0 Å². The number of aryl methyl sites for hydroxylation is 5. The van der Waals surface area contributed by atoms with Gasteiger partial charge in [0.1, 0.15) is 0 Å². The molecule has 0 aliphatic rings. The Balaban J connectivity index is 1.94. The van der Waals surface area contributed by atoms with Crippen LogP contribution in [-0.2, 0) is 7.05 Å². The molecule has 3 rings (SSSR count). The molecule has 0 bridgehead atoms. The van der Waals surface area contributed by atoms with Gasteiger partial charge in [-0.25, -0.2) is 0 Å². The SMILES string of the molecule is Cc1ccc(-c2ccnn2C)cc1NC(=O)c1cc(C)c(C)nc1C. The quantitative estimate of drug-likeness (QED) is 0.788. The molecule has 0 aliphatic heterocycles. The van der Waals surface area contributed by atoms with Gasteiger partial charge in [-0.15, -0.1) is 0 Å². The monoisotopic (exact) mass is 334 g/mol. The summed E-state index contributed by atoms with van der Waals surface area (Å²) in [6, 6.07) is 9.86. The summed E-state index contributed by atoms with van der Waals surface area (Å²) in [6.07, 6.45) is 1.76. The van der Waals surface area contributed by atoms with E-state index in [2.05, 4.69) is 15.4 Å². The van der Waals surface area contributed by atoms with Gasteiger partial charge in [-0.2, -0.15) is 5.10 Å². The number of carbonyl (C=O) groups excluding carboxylic acids is 1. The minimum absolute atomic E-state index is 0.140. The van der Waals surface area contributed by atoms with Crippen LogP contribution in [0.4, 0.5) is 5.69 Å². The first-order chi connectivity index (χ1) is 11.9. The number of pyridine rings is 1. The maximum Gasteiger partial charge on any atom is 0.257 e. The van der Waals surface area contributed by atoms with E-state index in [9.17, 15) is 4.79 Å². The zero-order chi connectivity index (χ0) is 18.1. The molecule has 0 radical (unpaired) electrons. The Hall–Kier alpha value is -2.95. The van der Waals surface area contributed by atoms with Gasteiger partial charge in [0.05, 0.1) is 17.0 Å². The summed E-state index contributed by atoms with van der Waals surface area (Å²) in [4.78, 5) is 17.2. The number of anilines is 1. The molecule has 5 heteroatoms. The molecule has 0 fully saturated rings. The van der Waals surface area contributed by atoms with Gasteiger partial charge in [0.15, 0.2) is 0 Å². The predicted octanol–water partition coefficient (Wildman–Crippen LogP) is 3.97. The molecule has 5 nitrogen and oxygen atoms in total. The first kappa shape index (κ1) is 16.9. The minimum Gasteiger partial charge on any atom is -0.322 e. The summed E-state index contributed by atoms with van der Waals surface area (Å²) in [5, 5.41) is 7.23. The van der Waals surface area contributed by atoms with Gasteiger partial charge in [-0.05, 0) is 57.0 Å². The second kappa shape index (κ2) is 6.51. The van der Waals surface area contributed by atoms with E-state index in [-0.39, 0.29) is 5.91 Å². The van der Waals surface area contributed by atoms with Gasteiger partial charge >= 0.3 is 0 Å². The van der Waals surface area contributed by atoms with Gasteiger partial charge in [0.2, 0.25) is 0 Å². The van der Waals surface area contributed by atoms with Crippen molar-refractivity contribution in [2.24, 2.45) is 7.05 Å². The first-order valence-electron chi connectivity index (χ1n) is 8.22. The highest BCUT2D eigenvalue weighted by Crippen LogP contribution is 2.25. The highest BCUT2D eigenvalue weighted by atomic mass is 16.1. The number of rotatable bonds is 3. The standard InChI is InChI=1S/C20H22N4O/c1-12-6-7-16(19-8-9-21-24(19)5)11-18(12)23-20(25)17-10-13(2)14(3)22-15(17)4/h6-11H,1-5H3,(H,23,25). The molecule has 2 aromatic heterocycles. The number of hydrogen-bond acceptors (Lipinski definition) is 3.